The number of amides is 1. The Kier molecular flexibility index (Phi) is 5.37. The number of benzene rings is 1. The topological polar surface area (TPSA) is 66.8 Å². The van der Waals surface area contributed by atoms with Gasteiger partial charge in [-0.2, -0.15) is 0 Å². The van der Waals surface area contributed by atoms with E-state index < -0.39 is 12.0 Å². The normalized spacial score (nSPS) is 27.7. The van der Waals surface area contributed by atoms with E-state index in [1.165, 1.54) is 12.8 Å². The molecule has 0 radical (unpaired) electrons. The molecular weight excluding hydrogens is 342 g/mol. The zero-order chi connectivity index (χ0) is 18.8. The molecule has 1 N–H and O–H groups in total. The average Bonchev–Trinajstić information content (AvgIpc) is 3.36. The van der Waals surface area contributed by atoms with Crippen LogP contribution in [0.2, 0.25) is 0 Å². The molecule has 5 heteroatoms. The van der Waals surface area contributed by atoms with Gasteiger partial charge in [0.05, 0.1) is 6.10 Å². The molecule has 1 saturated heterocycles. The highest BCUT2D eigenvalue weighted by atomic mass is 16.5. The molecule has 1 aromatic rings. The largest absolute Gasteiger partial charge is 0.490 e. The number of carbonyl (C=O) groups is 2. The van der Waals surface area contributed by atoms with Crippen molar-refractivity contribution in [2.45, 2.75) is 69.9 Å². The number of rotatable bonds is 6. The minimum Gasteiger partial charge on any atom is -0.490 e. The number of carboxylic acids is 1. The molecule has 1 aromatic carbocycles. The summed E-state index contributed by atoms with van der Waals surface area (Å²) in [6.45, 7) is 0.616. The lowest BCUT2D eigenvalue weighted by Gasteiger charge is -2.24. The highest BCUT2D eigenvalue weighted by molar-refractivity contribution is 5.85. The molecule has 2 saturated carbocycles. The van der Waals surface area contributed by atoms with E-state index in [1.54, 1.807) is 4.90 Å². The molecule has 0 bridgehead atoms. The summed E-state index contributed by atoms with van der Waals surface area (Å²) >= 11 is 0. The number of ether oxygens (including phenoxy) is 1. The van der Waals surface area contributed by atoms with Gasteiger partial charge in [0.25, 0.3) is 0 Å². The van der Waals surface area contributed by atoms with Crippen LogP contribution < -0.4 is 4.74 Å². The van der Waals surface area contributed by atoms with Crippen molar-refractivity contribution < 1.29 is 19.4 Å². The summed E-state index contributed by atoms with van der Waals surface area (Å²) in [4.78, 5) is 26.1. The summed E-state index contributed by atoms with van der Waals surface area (Å²) in [7, 11) is 0. The van der Waals surface area contributed by atoms with Crippen LogP contribution in [0.15, 0.2) is 24.3 Å². The smallest absolute Gasteiger partial charge is 0.326 e. The first-order valence-corrected chi connectivity index (χ1v) is 10.4. The van der Waals surface area contributed by atoms with Crippen molar-refractivity contribution in [3.05, 3.63) is 29.8 Å². The second kappa shape index (κ2) is 7.91. The van der Waals surface area contributed by atoms with Crippen molar-refractivity contribution in [3.63, 3.8) is 0 Å². The molecule has 3 fully saturated rings. The first-order chi connectivity index (χ1) is 13.1. The van der Waals surface area contributed by atoms with E-state index in [0.717, 1.165) is 43.4 Å². The average molecular weight is 371 g/mol. The molecular formula is C22H29NO4. The van der Waals surface area contributed by atoms with E-state index in [1.807, 2.05) is 24.3 Å². The van der Waals surface area contributed by atoms with E-state index in [2.05, 4.69) is 0 Å². The Labute approximate surface area is 160 Å². The highest BCUT2D eigenvalue weighted by Gasteiger charge is 2.49. The van der Waals surface area contributed by atoms with Crippen molar-refractivity contribution in [2.75, 3.05) is 6.54 Å². The van der Waals surface area contributed by atoms with Gasteiger partial charge in [-0.15, -0.1) is 0 Å². The van der Waals surface area contributed by atoms with Crippen LogP contribution in [0.25, 0.3) is 0 Å². The van der Waals surface area contributed by atoms with E-state index in [-0.39, 0.29) is 11.8 Å². The molecule has 5 nitrogen and oxygen atoms in total. The summed E-state index contributed by atoms with van der Waals surface area (Å²) in [5, 5.41) is 9.63. The predicted molar refractivity (Wildman–Crippen MR) is 102 cm³/mol. The SMILES string of the molecule is O=C(O)C1C2CCCC2CN1C(=O)CCc1cccc(OC2CCCC2)c1. The van der Waals surface area contributed by atoms with E-state index in [9.17, 15) is 14.7 Å². The lowest BCUT2D eigenvalue weighted by atomic mass is 9.94. The standard InChI is InChI=1S/C22H29NO4/c24-20(23-14-16-6-4-10-19(16)21(23)22(25)26)12-11-15-5-3-9-18(13-15)27-17-7-1-2-8-17/h3,5,9,13,16-17,19,21H,1-2,4,6-8,10-12,14H2,(H,25,26). The van der Waals surface area contributed by atoms with Gasteiger partial charge >= 0.3 is 5.97 Å². The monoisotopic (exact) mass is 371 g/mol. The highest BCUT2D eigenvalue weighted by Crippen LogP contribution is 2.42. The molecule has 27 heavy (non-hydrogen) atoms. The van der Waals surface area contributed by atoms with Crippen molar-refractivity contribution in [2.24, 2.45) is 11.8 Å². The van der Waals surface area contributed by atoms with Gasteiger partial charge in [-0.3, -0.25) is 4.79 Å². The molecule has 146 valence electrons. The summed E-state index contributed by atoms with van der Waals surface area (Å²) in [6.07, 6.45) is 9.10. The molecule has 0 aromatic heterocycles. The van der Waals surface area contributed by atoms with Crippen LogP contribution in [-0.2, 0) is 16.0 Å². The lowest BCUT2D eigenvalue weighted by Crippen LogP contribution is -2.43. The van der Waals surface area contributed by atoms with Crippen LogP contribution in [-0.4, -0.2) is 40.6 Å². The Morgan fingerprint density at radius 2 is 1.93 bits per heavy atom. The first kappa shape index (κ1) is 18.3. The summed E-state index contributed by atoms with van der Waals surface area (Å²) in [6, 6.07) is 7.37. The maximum Gasteiger partial charge on any atom is 0.326 e. The van der Waals surface area contributed by atoms with Gasteiger partial charge in [-0.05, 0) is 74.5 Å². The number of fused-ring (bicyclic) bond motifs is 1. The number of nitrogens with zero attached hydrogens (tertiary/aromatic N) is 1. The predicted octanol–water partition coefficient (Wildman–Crippen LogP) is 3.65. The van der Waals surface area contributed by atoms with E-state index >= 15 is 0 Å². The van der Waals surface area contributed by atoms with Crippen LogP contribution in [0.4, 0.5) is 0 Å². The van der Waals surface area contributed by atoms with Crippen molar-refractivity contribution in [1.82, 2.24) is 4.90 Å². The number of hydrogen-bond acceptors (Lipinski definition) is 3. The van der Waals surface area contributed by atoms with E-state index in [4.69, 9.17) is 4.74 Å². The van der Waals surface area contributed by atoms with Crippen LogP contribution in [0.1, 0.15) is 56.9 Å². The third-order valence-corrected chi connectivity index (χ3v) is 6.59. The Bertz CT molecular complexity index is 697. The quantitative estimate of drug-likeness (QED) is 0.829. The maximum atomic E-state index is 12.8. The number of carbonyl (C=O) groups excluding carboxylic acids is 1. The summed E-state index contributed by atoms with van der Waals surface area (Å²) in [5.74, 6) is 0.530. The number of carboxylic acid groups (broad SMARTS) is 1. The Balaban J connectivity index is 1.35. The third-order valence-electron chi connectivity index (χ3n) is 6.59. The van der Waals surface area contributed by atoms with Crippen LogP contribution in [0, 0.1) is 11.8 Å². The molecule has 1 heterocycles. The Morgan fingerprint density at radius 3 is 2.70 bits per heavy atom. The molecule has 3 aliphatic rings. The van der Waals surface area contributed by atoms with Gasteiger partial charge in [0, 0.05) is 13.0 Å². The number of hydrogen-bond donors (Lipinski definition) is 1. The number of aliphatic carboxylic acids is 1. The van der Waals surface area contributed by atoms with Crippen molar-refractivity contribution in [1.29, 1.82) is 0 Å². The molecule has 1 amide bonds. The summed E-state index contributed by atoms with van der Waals surface area (Å²) < 4.78 is 6.05. The van der Waals surface area contributed by atoms with Gasteiger partial charge in [-0.1, -0.05) is 18.6 Å². The second-order valence-electron chi connectivity index (χ2n) is 8.36. The van der Waals surface area contributed by atoms with Gasteiger partial charge in [0.15, 0.2) is 0 Å². The molecule has 1 aliphatic heterocycles. The molecule has 4 rings (SSSR count). The second-order valence-corrected chi connectivity index (χ2v) is 8.36. The van der Waals surface area contributed by atoms with Gasteiger partial charge in [0.2, 0.25) is 5.91 Å². The molecule has 2 aliphatic carbocycles. The van der Waals surface area contributed by atoms with Gasteiger partial charge in [-0.25, -0.2) is 4.79 Å². The Hall–Kier alpha value is -2.04. The van der Waals surface area contributed by atoms with Crippen LogP contribution in [0.5, 0.6) is 5.75 Å². The fraction of sp³-hybridized carbons (Fsp3) is 0.636. The zero-order valence-corrected chi connectivity index (χ0v) is 15.8. The molecule has 3 unspecified atom stereocenters. The number of likely N-dealkylation sites (tertiary alicyclic amines) is 1. The Morgan fingerprint density at radius 1 is 1.11 bits per heavy atom. The van der Waals surface area contributed by atoms with E-state index in [0.29, 0.717) is 31.4 Å². The molecule has 3 atom stereocenters. The van der Waals surface area contributed by atoms with Crippen LogP contribution >= 0.6 is 0 Å². The van der Waals surface area contributed by atoms with Gasteiger partial charge < -0.3 is 14.7 Å². The van der Waals surface area contributed by atoms with Crippen molar-refractivity contribution >= 4 is 11.9 Å². The zero-order valence-electron chi connectivity index (χ0n) is 15.8. The first-order valence-electron chi connectivity index (χ1n) is 10.4. The third kappa shape index (κ3) is 3.97. The minimum absolute atomic E-state index is 0.0288. The lowest BCUT2D eigenvalue weighted by molar-refractivity contribution is -0.149. The number of aryl methyl sites for hydroxylation is 1. The van der Waals surface area contributed by atoms with Gasteiger partial charge in [0.1, 0.15) is 11.8 Å². The van der Waals surface area contributed by atoms with Crippen molar-refractivity contribution in [3.8, 4) is 5.75 Å². The van der Waals surface area contributed by atoms with Crippen LogP contribution in [0.3, 0.4) is 0 Å². The summed E-state index contributed by atoms with van der Waals surface area (Å²) in [5.41, 5.74) is 1.07. The fourth-order valence-electron chi connectivity index (χ4n) is 5.25. The fourth-order valence-corrected chi connectivity index (χ4v) is 5.25. The minimum atomic E-state index is -0.843. The molecule has 0 spiro atoms. The maximum absolute atomic E-state index is 12.8.